The fourth-order valence-electron chi connectivity index (χ4n) is 1.40. The molecule has 1 heterocycles. The Morgan fingerprint density at radius 2 is 1.89 bits per heavy atom. The number of aromatic nitrogens is 1. The van der Waals surface area contributed by atoms with Gasteiger partial charge in [-0.3, -0.25) is 14.6 Å². The van der Waals surface area contributed by atoms with Crippen molar-refractivity contribution < 1.29 is 9.90 Å². The molecular weight excluding hydrogens is 347 g/mol. The summed E-state index contributed by atoms with van der Waals surface area (Å²) in [7, 11) is 0. The number of nitrogens with one attached hydrogen (secondary N) is 2. The molecule has 0 aliphatic carbocycles. The van der Waals surface area contributed by atoms with Crippen molar-refractivity contribution in [2.45, 2.75) is 0 Å². The monoisotopic (exact) mass is 356 g/mol. The molecule has 0 saturated carbocycles. The number of carbonyl (C=O) groups is 1. The van der Waals surface area contributed by atoms with Gasteiger partial charge in [0.2, 0.25) is 0 Å². The minimum Gasteiger partial charge on any atom is -0.494 e. The van der Waals surface area contributed by atoms with Gasteiger partial charge < -0.3 is 10.4 Å². The van der Waals surface area contributed by atoms with Gasteiger partial charge in [0.25, 0.3) is 11.5 Å². The molecule has 0 radical (unpaired) electrons. The number of anilines is 1. The summed E-state index contributed by atoms with van der Waals surface area (Å²) in [5.41, 5.74) is 0.206. The summed E-state index contributed by atoms with van der Waals surface area (Å²) in [6, 6.07) is 9.54. The van der Waals surface area contributed by atoms with Gasteiger partial charge in [-0.1, -0.05) is 0 Å². The van der Waals surface area contributed by atoms with Crippen molar-refractivity contribution in [2.24, 2.45) is 0 Å². The maximum absolute atomic E-state index is 11.8. The second-order valence-electron chi connectivity index (χ2n) is 3.58. The third-order valence-corrected chi connectivity index (χ3v) is 2.91. The smallest absolute Gasteiger partial charge is 0.256 e. The van der Waals surface area contributed by atoms with Crippen molar-refractivity contribution in [1.29, 1.82) is 0 Å². The van der Waals surface area contributed by atoms with Crippen LogP contribution >= 0.6 is 22.6 Å². The summed E-state index contributed by atoms with van der Waals surface area (Å²) < 4.78 is 1.05. The van der Waals surface area contributed by atoms with Crippen LogP contribution in [0.1, 0.15) is 10.4 Å². The average molecular weight is 356 g/mol. The molecule has 1 aromatic heterocycles. The van der Waals surface area contributed by atoms with Gasteiger partial charge in [-0.05, 0) is 46.9 Å². The zero-order valence-electron chi connectivity index (χ0n) is 9.11. The Morgan fingerprint density at radius 1 is 1.22 bits per heavy atom. The number of hydrogen-bond donors (Lipinski definition) is 3. The van der Waals surface area contributed by atoms with E-state index in [0.29, 0.717) is 5.69 Å². The number of aromatic amines is 1. The number of rotatable bonds is 2. The Morgan fingerprint density at radius 3 is 2.50 bits per heavy atom. The third kappa shape index (κ3) is 3.10. The normalized spacial score (nSPS) is 10.1. The lowest BCUT2D eigenvalue weighted by Crippen LogP contribution is -2.15. The zero-order chi connectivity index (χ0) is 13.1. The number of aromatic hydroxyl groups is 1. The van der Waals surface area contributed by atoms with Crippen molar-refractivity contribution in [2.75, 3.05) is 5.32 Å². The van der Waals surface area contributed by atoms with Gasteiger partial charge in [0.15, 0.2) is 5.88 Å². The SMILES string of the molecule is O=C(Nc1ccc(I)cc1)c1cc(O)[nH]c(=O)c1. The topological polar surface area (TPSA) is 82.2 Å². The van der Waals surface area contributed by atoms with Gasteiger partial charge in [0.05, 0.1) is 5.56 Å². The lowest BCUT2D eigenvalue weighted by Gasteiger charge is -2.05. The minimum atomic E-state index is -0.525. The van der Waals surface area contributed by atoms with Crippen LogP contribution < -0.4 is 10.9 Å². The molecular formula is C12H9IN2O3. The van der Waals surface area contributed by atoms with E-state index >= 15 is 0 Å². The molecule has 5 nitrogen and oxygen atoms in total. The van der Waals surface area contributed by atoms with Gasteiger partial charge in [0, 0.05) is 21.4 Å². The van der Waals surface area contributed by atoms with Gasteiger partial charge in [-0.15, -0.1) is 0 Å². The van der Waals surface area contributed by atoms with Gasteiger partial charge in [-0.25, -0.2) is 0 Å². The van der Waals surface area contributed by atoms with Crippen LogP contribution in [0.25, 0.3) is 0 Å². The summed E-state index contributed by atoms with van der Waals surface area (Å²) in [6.07, 6.45) is 0. The van der Waals surface area contributed by atoms with E-state index in [1.54, 1.807) is 12.1 Å². The second kappa shape index (κ2) is 5.21. The maximum Gasteiger partial charge on any atom is 0.256 e. The van der Waals surface area contributed by atoms with E-state index in [9.17, 15) is 14.7 Å². The predicted octanol–water partition coefficient (Wildman–Crippen LogP) is 1.94. The van der Waals surface area contributed by atoms with Crippen LogP contribution in [0.4, 0.5) is 5.69 Å². The Labute approximate surface area is 116 Å². The number of amides is 1. The van der Waals surface area contributed by atoms with Gasteiger partial charge in [-0.2, -0.15) is 0 Å². The fraction of sp³-hybridized carbons (Fsp3) is 0. The molecule has 0 saturated heterocycles. The molecule has 0 spiro atoms. The number of H-pyrrole nitrogens is 1. The third-order valence-electron chi connectivity index (χ3n) is 2.19. The highest BCUT2D eigenvalue weighted by molar-refractivity contribution is 14.1. The Kier molecular flexibility index (Phi) is 3.66. The molecule has 1 aromatic carbocycles. The summed E-state index contributed by atoms with van der Waals surface area (Å²) in [6.45, 7) is 0. The Balaban J connectivity index is 2.21. The van der Waals surface area contributed by atoms with Crippen LogP contribution in [-0.2, 0) is 0 Å². The minimum absolute atomic E-state index is 0.106. The molecule has 0 fully saturated rings. The van der Waals surface area contributed by atoms with Crippen molar-refractivity contribution in [3.8, 4) is 5.88 Å². The van der Waals surface area contributed by atoms with E-state index < -0.39 is 11.5 Å². The van der Waals surface area contributed by atoms with E-state index in [-0.39, 0.29) is 11.4 Å². The summed E-state index contributed by atoms with van der Waals surface area (Å²) in [5, 5.41) is 11.8. The van der Waals surface area contributed by atoms with E-state index in [4.69, 9.17) is 0 Å². The largest absolute Gasteiger partial charge is 0.494 e. The highest BCUT2D eigenvalue weighted by Gasteiger charge is 2.08. The van der Waals surface area contributed by atoms with Crippen molar-refractivity contribution in [1.82, 2.24) is 4.98 Å². The zero-order valence-corrected chi connectivity index (χ0v) is 11.3. The number of pyridine rings is 1. The highest BCUT2D eigenvalue weighted by atomic mass is 127. The van der Waals surface area contributed by atoms with Crippen LogP contribution in [0.5, 0.6) is 5.88 Å². The van der Waals surface area contributed by atoms with Crippen molar-refractivity contribution in [3.05, 3.63) is 55.9 Å². The summed E-state index contributed by atoms with van der Waals surface area (Å²) in [5.74, 6) is -0.784. The lowest BCUT2D eigenvalue weighted by atomic mass is 10.2. The van der Waals surface area contributed by atoms with Crippen LogP contribution in [0, 0.1) is 3.57 Å². The molecule has 0 aliphatic rings. The highest BCUT2D eigenvalue weighted by Crippen LogP contribution is 2.13. The van der Waals surface area contributed by atoms with E-state index in [1.165, 1.54) is 6.07 Å². The molecule has 2 rings (SSSR count). The molecule has 18 heavy (non-hydrogen) atoms. The molecule has 6 heteroatoms. The quantitative estimate of drug-likeness (QED) is 0.720. The Bertz CT molecular complexity index is 635. The lowest BCUT2D eigenvalue weighted by molar-refractivity contribution is 0.102. The standard InChI is InChI=1S/C12H9IN2O3/c13-8-1-3-9(4-2-8)14-12(18)7-5-10(16)15-11(17)6-7/h1-6H,(H,14,18)(H2,15,16,17). The first-order valence-corrected chi connectivity index (χ1v) is 6.13. The van der Waals surface area contributed by atoms with Crippen LogP contribution in [0.3, 0.4) is 0 Å². The van der Waals surface area contributed by atoms with E-state index in [0.717, 1.165) is 9.64 Å². The first-order valence-electron chi connectivity index (χ1n) is 5.05. The van der Waals surface area contributed by atoms with E-state index in [2.05, 4.69) is 32.9 Å². The van der Waals surface area contributed by atoms with Crippen molar-refractivity contribution in [3.63, 3.8) is 0 Å². The van der Waals surface area contributed by atoms with E-state index in [1.807, 2.05) is 12.1 Å². The summed E-state index contributed by atoms with van der Waals surface area (Å²) in [4.78, 5) is 25.1. The summed E-state index contributed by atoms with van der Waals surface area (Å²) >= 11 is 2.16. The first kappa shape index (κ1) is 12.6. The molecule has 0 aliphatic heterocycles. The first-order chi connectivity index (χ1) is 8.54. The van der Waals surface area contributed by atoms with Gasteiger partial charge in [0.1, 0.15) is 0 Å². The molecule has 2 aromatic rings. The van der Waals surface area contributed by atoms with Crippen LogP contribution in [0.2, 0.25) is 0 Å². The fourth-order valence-corrected chi connectivity index (χ4v) is 1.76. The molecule has 3 N–H and O–H groups in total. The average Bonchev–Trinajstić information content (AvgIpc) is 2.31. The molecule has 0 unspecified atom stereocenters. The second-order valence-corrected chi connectivity index (χ2v) is 4.83. The molecule has 0 bridgehead atoms. The maximum atomic E-state index is 11.8. The number of halogens is 1. The molecule has 0 atom stereocenters. The number of hydrogen-bond acceptors (Lipinski definition) is 3. The predicted molar refractivity (Wildman–Crippen MR) is 75.8 cm³/mol. The van der Waals surface area contributed by atoms with Crippen LogP contribution in [-0.4, -0.2) is 16.0 Å². The molecule has 1 amide bonds. The van der Waals surface area contributed by atoms with Gasteiger partial charge >= 0.3 is 0 Å². The molecule has 92 valence electrons. The number of carbonyl (C=O) groups excluding carboxylic acids is 1. The number of benzene rings is 1. The Hall–Kier alpha value is -1.83. The van der Waals surface area contributed by atoms with Crippen molar-refractivity contribution >= 4 is 34.2 Å². The van der Waals surface area contributed by atoms with Crippen LogP contribution in [0.15, 0.2) is 41.2 Å².